The third-order valence-electron chi connectivity index (χ3n) is 2.44. The van der Waals surface area contributed by atoms with E-state index in [1.54, 1.807) is 0 Å². The highest BCUT2D eigenvalue weighted by Crippen LogP contribution is 2.28. The topological polar surface area (TPSA) is 56.0 Å². The van der Waals surface area contributed by atoms with Crippen LogP contribution >= 0.6 is 0 Å². The number of allylic oxidation sites excluding steroid dienone is 2. The average molecular weight is 206 g/mol. The number of hydrogen-bond donors (Lipinski definition) is 1. The van der Waals surface area contributed by atoms with Gasteiger partial charge in [0, 0.05) is 12.0 Å². The van der Waals surface area contributed by atoms with Crippen molar-refractivity contribution in [1.82, 2.24) is 4.98 Å². The van der Waals surface area contributed by atoms with Gasteiger partial charge in [-0.1, -0.05) is 0 Å². The van der Waals surface area contributed by atoms with Crippen LogP contribution in [-0.4, -0.2) is 10.8 Å². The lowest BCUT2D eigenvalue weighted by Gasteiger charge is -2.13. The number of nitrogens with zero attached hydrogens (tertiary/aromatic N) is 1. The highest BCUT2D eigenvalue weighted by atomic mass is 19.1. The molecule has 0 atom stereocenters. The molecule has 2 rings (SSSR count). The summed E-state index contributed by atoms with van der Waals surface area (Å²) in [6.07, 6.45) is 4.72. The number of pyridine rings is 1. The Hall–Kier alpha value is -1.71. The van der Waals surface area contributed by atoms with E-state index in [1.807, 2.05) is 0 Å². The zero-order valence-corrected chi connectivity index (χ0v) is 8.16. The molecular formula is C11H11FN2O. The number of nitrogens with two attached hydrogens (primary N) is 1. The second kappa shape index (κ2) is 3.81. The molecule has 1 aliphatic carbocycles. The summed E-state index contributed by atoms with van der Waals surface area (Å²) in [6.45, 7) is 0. The van der Waals surface area contributed by atoms with Crippen LogP contribution in [0.1, 0.15) is 24.8 Å². The second-order valence-electron chi connectivity index (χ2n) is 3.58. The standard InChI is InChI=1S/C11H11FN2O/c12-8-5-10(11(13)14-6-8)7-2-1-3-9(15)4-7/h4-6H,1-3H2,(H2,13,14). The van der Waals surface area contributed by atoms with Crippen molar-refractivity contribution in [1.29, 1.82) is 0 Å². The van der Waals surface area contributed by atoms with Gasteiger partial charge in [0.2, 0.25) is 0 Å². The van der Waals surface area contributed by atoms with E-state index in [2.05, 4.69) is 4.98 Å². The zero-order valence-electron chi connectivity index (χ0n) is 8.16. The number of aromatic nitrogens is 1. The molecule has 78 valence electrons. The fraction of sp³-hybridized carbons (Fsp3) is 0.273. The Bertz CT molecular complexity index is 440. The molecule has 0 aliphatic heterocycles. The number of halogens is 1. The third-order valence-corrected chi connectivity index (χ3v) is 2.44. The summed E-state index contributed by atoms with van der Waals surface area (Å²) < 4.78 is 13.0. The number of ketones is 1. The summed E-state index contributed by atoms with van der Waals surface area (Å²) in [6, 6.07) is 1.33. The number of hydrogen-bond acceptors (Lipinski definition) is 3. The van der Waals surface area contributed by atoms with Crippen LogP contribution in [0, 0.1) is 5.82 Å². The quantitative estimate of drug-likeness (QED) is 0.763. The van der Waals surface area contributed by atoms with Gasteiger partial charge in [-0.15, -0.1) is 0 Å². The Balaban J connectivity index is 2.44. The molecule has 1 aromatic heterocycles. The average Bonchev–Trinajstić information content (AvgIpc) is 2.22. The fourth-order valence-electron chi connectivity index (χ4n) is 1.71. The van der Waals surface area contributed by atoms with E-state index in [0.717, 1.165) is 24.6 Å². The van der Waals surface area contributed by atoms with E-state index < -0.39 is 5.82 Å². The molecule has 1 aromatic rings. The van der Waals surface area contributed by atoms with Gasteiger partial charge in [-0.25, -0.2) is 9.37 Å². The van der Waals surface area contributed by atoms with Gasteiger partial charge < -0.3 is 5.73 Å². The van der Waals surface area contributed by atoms with E-state index in [9.17, 15) is 9.18 Å². The van der Waals surface area contributed by atoms with Gasteiger partial charge in [-0.3, -0.25) is 4.79 Å². The first-order valence-electron chi connectivity index (χ1n) is 4.81. The maximum Gasteiger partial charge on any atom is 0.155 e. The van der Waals surface area contributed by atoms with Crippen LogP contribution in [0.15, 0.2) is 18.3 Å². The molecule has 2 N–H and O–H groups in total. The highest BCUT2D eigenvalue weighted by molar-refractivity contribution is 5.99. The minimum Gasteiger partial charge on any atom is -0.383 e. The number of carbonyl (C=O) groups excluding carboxylic acids is 1. The summed E-state index contributed by atoms with van der Waals surface area (Å²) in [4.78, 5) is 14.9. The molecule has 0 saturated heterocycles. The van der Waals surface area contributed by atoms with Crippen LogP contribution in [0.2, 0.25) is 0 Å². The van der Waals surface area contributed by atoms with Crippen molar-refractivity contribution in [2.24, 2.45) is 0 Å². The van der Waals surface area contributed by atoms with Crippen molar-refractivity contribution < 1.29 is 9.18 Å². The molecule has 0 bridgehead atoms. The minimum absolute atomic E-state index is 0.0694. The molecule has 0 unspecified atom stereocenters. The zero-order chi connectivity index (χ0) is 10.8. The van der Waals surface area contributed by atoms with Gasteiger partial charge in [0.15, 0.2) is 5.78 Å². The lowest BCUT2D eigenvalue weighted by Crippen LogP contribution is -2.05. The molecule has 3 nitrogen and oxygen atoms in total. The molecule has 4 heteroatoms. The van der Waals surface area contributed by atoms with Crippen molar-refractivity contribution in [2.45, 2.75) is 19.3 Å². The van der Waals surface area contributed by atoms with Crippen LogP contribution < -0.4 is 5.73 Å². The molecule has 0 saturated carbocycles. The minimum atomic E-state index is -0.432. The maximum atomic E-state index is 13.0. The molecular weight excluding hydrogens is 195 g/mol. The van der Waals surface area contributed by atoms with E-state index in [0.29, 0.717) is 12.0 Å². The summed E-state index contributed by atoms with van der Waals surface area (Å²) in [7, 11) is 0. The first-order chi connectivity index (χ1) is 7.16. The second-order valence-corrected chi connectivity index (χ2v) is 3.58. The Labute approximate surface area is 86.8 Å². The van der Waals surface area contributed by atoms with Crippen LogP contribution in [0.5, 0.6) is 0 Å². The van der Waals surface area contributed by atoms with Crippen molar-refractivity contribution in [2.75, 3.05) is 5.73 Å². The Morgan fingerprint density at radius 2 is 2.20 bits per heavy atom. The van der Waals surface area contributed by atoms with Gasteiger partial charge >= 0.3 is 0 Å². The van der Waals surface area contributed by atoms with E-state index >= 15 is 0 Å². The highest BCUT2D eigenvalue weighted by Gasteiger charge is 2.14. The molecule has 0 spiro atoms. The normalized spacial score (nSPS) is 16.3. The fourth-order valence-corrected chi connectivity index (χ4v) is 1.71. The molecule has 0 amide bonds. The Morgan fingerprint density at radius 3 is 2.93 bits per heavy atom. The summed E-state index contributed by atoms with van der Waals surface area (Å²) in [5.41, 5.74) is 6.97. The number of nitrogen functional groups attached to an aromatic ring is 1. The summed E-state index contributed by atoms with van der Waals surface area (Å²) in [5, 5.41) is 0. The number of anilines is 1. The van der Waals surface area contributed by atoms with E-state index in [4.69, 9.17) is 5.73 Å². The molecule has 0 fully saturated rings. The number of carbonyl (C=O) groups is 1. The van der Waals surface area contributed by atoms with Gasteiger partial charge in [0.05, 0.1) is 6.20 Å². The molecule has 1 aliphatic rings. The van der Waals surface area contributed by atoms with Gasteiger partial charge in [0.1, 0.15) is 11.6 Å². The first-order valence-corrected chi connectivity index (χ1v) is 4.81. The molecule has 15 heavy (non-hydrogen) atoms. The van der Waals surface area contributed by atoms with Crippen molar-refractivity contribution in [3.05, 3.63) is 29.7 Å². The van der Waals surface area contributed by atoms with Crippen molar-refractivity contribution in [3.8, 4) is 0 Å². The maximum absolute atomic E-state index is 13.0. The molecule has 0 aromatic carbocycles. The van der Waals surface area contributed by atoms with Crippen molar-refractivity contribution in [3.63, 3.8) is 0 Å². The van der Waals surface area contributed by atoms with Gasteiger partial charge in [-0.2, -0.15) is 0 Å². The van der Waals surface area contributed by atoms with Crippen LogP contribution in [0.3, 0.4) is 0 Å². The first kappa shape index (κ1) is 9.83. The van der Waals surface area contributed by atoms with E-state index in [1.165, 1.54) is 12.1 Å². The summed E-state index contributed by atoms with van der Waals surface area (Å²) in [5.74, 6) is -0.0876. The van der Waals surface area contributed by atoms with Crippen LogP contribution in [-0.2, 0) is 4.79 Å². The molecule has 1 heterocycles. The largest absolute Gasteiger partial charge is 0.383 e. The monoisotopic (exact) mass is 206 g/mol. The number of rotatable bonds is 1. The third kappa shape index (κ3) is 2.03. The van der Waals surface area contributed by atoms with Crippen LogP contribution in [0.4, 0.5) is 10.2 Å². The van der Waals surface area contributed by atoms with Gasteiger partial charge in [-0.05, 0) is 30.6 Å². The van der Waals surface area contributed by atoms with Gasteiger partial charge in [0.25, 0.3) is 0 Å². The predicted octanol–water partition coefficient (Wildman–Crippen LogP) is 1.94. The molecule has 0 radical (unpaired) electrons. The Kier molecular flexibility index (Phi) is 2.49. The lowest BCUT2D eigenvalue weighted by atomic mass is 9.93. The van der Waals surface area contributed by atoms with E-state index in [-0.39, 0.29) is 11.6 Å². The van der Waals surface area contributed by atoms with Crippen molar-refractivity contribution >= 4 is 17.2 Å². The SMILES string of the molecule is Nc1ncc(F)cc1C1=CC(=O)CCC1. The lowest BCUT2D eigenvalue weighted by molar-refractivity contribution is -0.114. The summed E-state index contributed by atoms with van der Waals surface area (Å²) >= 11 is 0. The smallest absolute Gasteiger partial charge is 0.155 e. The Morgan fingerprint density at radius 1 is 1.40 bits per heavy atom. The predicted molar refractivity (Wildman–Crippen MR) is 55.4 cm³/mol. The van der Waals surface area contributed by atoms with Crippen LogP contribution in [0.25, 0.3) is 5.57 Å².